The molecule has 1 aromatic rings. The Balaban J connectivity index is 2.51. The third-order valence-electron chi connectivity index (χ3n) is 3.52. The van der Waals surface area contributed by atoms with E-state index in [-0.39, 0.29) is 5.95 Å². The summed E-state index contributed by atoms with van der Waals surface area (Å²) < 4.78 is 6.67. The smallest absolute Gasteiger partial charge is 0.274 e. The van der Waals surface area contributed by atoms with Gasteiger partial charge in [0, 0.05) is 12.3 Å². The van der Waals surface area contributed by atoms with Crippen molar-refractivity contribution in [1.29, 1.82) is 0 Å². The Morgan fingerprint density at radius 2 is 2.20 bits per heavy atom. The SMILES string of the molecule is C[C@]1(O)[C@H](n2ccc(=O)nc2NO)O[C@](C)(CO)[C@H]1O. The number of hydrogen-bond donors (Lipinski definition) is 5. The molecule has 0 saturated carbocycles. The van der Waals surface area contributed by atoms with E-state index in [9.17, 15) is 20.1 Å². The van der Waals surface area contributed by atoms with E-state index in [1.807, 2.05) is 0 Å². The number of ether oxygens (including phenoxy) is 1. The van der Waals surface area contributed by atoms with Gasteiger partial charge < -0.3 is 20.1 Å². The monoisotopic (exact) mass is 287 g/mol. The number of nitrogens with one attached hydrogen (secondary N) is 1. The molecule has 0 unspecified atom stereocenters. The zero-order valence-corrected chi connectivity index (χ0v) is 11.0. The summed E-state index contributed by atoms with van der Waals surface area (Å²) in [6, 6.07) is 1.11. The lowest BCUT2D eigenvalue weighted by molar-refractivity contribution is -0.120. The minimum absolute atomic E-state index is 0.253. The number of aliphatic hydroxyl groups is 3. The number of aliphatic hydroxyl groups excluding tert-OH is 2. The van der Waals surface area contributed by atoms with Crippen molar-refractivity contribution in [3.05, 3.63) is 22.6 Å². The van der Waals surface area contributed by atoms with Crippen LogP contribution in [0, 0.1) is 0 Å². The maximum absolute atomic E-state index is 11.2. The Hall–Kier alpha value is -1.52. The average molecular weight is 287 g/mol. The molecule has 1 aliphatic rings. The second-order valence-corrected chi connectivity index (χ2v) is 5.18. The summed E-state index contributed by atoms with van der Waals surface area (Å²) in [7, 11) is 0. The molecule has 1 aliphatic heterocycles. The van der Waals surface area contributed by atoms with Gasteiger partial charge in [-0.05, 0) is 13.8 Å². The molecule has 1 saturated heterocycles. The van der Waals surface area contributed by atoms with Gasteiger partial charge in [0.15, 0.2) is 6.23 Å². The zero-order chi connectivity index (χ0) is 15.1. The van der Waals surface area contributed by atoms with Gasteiger partial charge in [-0.25, -0.2) is 5.48 Å². The Bertz CT molecular complexity index is 559. The van der Waals surface area contributed by atoms with Crippen LogP contribution >= 0.6 is 0 Å². The Morgan fingerprint density at radius 1 is 1.55 bits per heavy atom. The number of rotatable bonds is 3. The molecular formula is C11H17N3O6. The van der Waals surface area contributed by atoms with Gasteiger partial charge >= 0.3 is 0 Å². The molecule has 1 aromatic heterocycles. The first-order valence-corrected chi connectivity index (χ1v) is 5.94. The quantitative estimate of drug-likeness (QED) is 0.421. The summed E-state index contributed by atoms with van der Waals surface area (Å²) >= 11 is 0. The van der Waals surface area contributed by atoms with Crippen molar-refractivity contribution in [3.63, 3.8) is 0 Å². The molecule has 0 aliphatic carbocycles. The lowest BCUT2D eigenvalue weighted by atomic mass is 9.89. The van der Waals surface area contributed by atoms with Crippen molar-refractivity contribution < 1.29 is 25.3 Å². The van der Waals surface area contributed by atoms with E-state index < -0.39 is 35.7 Å². The molecule has 0 spiro atoms. The van der Waals surface area contributed by atoms with E-state index in [1.54, 1.807) is 5.48 Å². The first-order chi connectivity index (χ1) is 9.26. The van der Waals surface area contributed by atoms with E-state index in [1.165, 1.54) is 20.0 Å². The molecule has 9 heteroatoms. The highest BCUT2D eigenvalue weighted by atomic mass is 16.6. The Labute approximate surface area is 114 Å². The van der Waals surface area contributed by atoms with Gasteiger partial charge in [0.1, 0.15) is 17.3 Å². The summed E-state index contributed by atoms with van der Waals surface area (Å²) in [5.74, 6) is -0.253. The molecule has 0 amide bonds. The summed E-state index contributed by atoms with van der Waals surface area (Å²) in [4.78, 5) is 14.7. The predicted octanol–water partition coefficient (Wildman–Crippen LogP) is -1.56. The molecule has 0 aromatic carbocycles. The average Bonchev–Trinajstić information content (AvgIpc) is 2.60. The van der Waals surface area contributed by atoms with E-state index in [0.717, 1.165) is 10.6 Å². The van der Waals surface area contributed by atoms with E-state index in [2.05, 4.69) is 4.98 Å². The molecular weight excluding hydrogens is 270 g/mol. The maximum Gasteiger partial charge on any atom is 0.274 e. The number of anilines is 1. The molecule has 2 rings (SSSR count). The van der Waals surface area contributed by atoms with Gasteiger partial charge in [-0.3, -0.25) is 14.6 Å². The van der Waals surface area contributed by atoms with Crippen molar-refractivity contribution >= 4 is 5.95 Å². The van der Waals surface area contributed by atoms with Gasteiger partial charge in [-0.15, -0.1) is 0 Å². The second-order valence-electron chi connectivity index (χ2n) is 5.18. The molecule has 5 N–H and O–H groups in total. The number of nitrogens with zero attached hydrogens (tertiary/aromatic N) is 2. The van der Waals surface area contributed by atoms with Gasteiger partial charge in [0.25, 0.3) is 5.56 Å². The largest absolute Gasteiger partial charge is 0.393 e. The second kappa shape index (κ2) is 4.79. The van der Waals surface area contributed by atoms with E-state index in [4.69, 9.17) is 9.94 Å². The molecule has 0 bridgehead atoms. The molecule has 112 valence electrons. The first-order valence-electron chi connectivity index (χ1n) is 5.94. The highest BCUT2D eigenvalue weighted by molar-refractivity contribution is 5.23. The number of hydrogen-bond acceptors (Lipinski definition) is 8. The summed E-state index contributed by atoms with van der Waals surface area (Å²) in [5.41, 5.74) is -2.02. The maximum atomic E-state index is 11.2. The van der Waals surface area contributed by atoms with Crippen LogP contribution in [0.1, 0.15) is 20.1 Å². The summed E-state index contributed by atoms with van der Waals surface area (Å²) in [6.07, 6.45) is -1.28. The van der Waals surface area contributed by atoms with Crippen LogP contribution in [0.5, 0.6) is 0 Å². The molecule has 2 heterocycles. The fourth-order valence-electron chi connectivity index (χ4n) is 2.34. The van der Waals surface area contributed by atoms with Crippen LogP contribution < -0.4 is 11.0 Å². The van der Waals surface area contributed by atoms with Gasteiger partial charge in [-0.1, -0.05) is 0 Å². The molecule has 9 nitrogen and oxygen atoms in total. The predicted molar refractivity (Wildman–Crippen MR) is 66.1 cm³/mol. The van der Waals surface area contributed by atoms with Crippen molar-refractivity contribution in [2.24, 2.45) is 0 Å². The molecule has 1 fully saturated rings. The molecule has 20 heavy (non-hydrogen) atoms. The highest BCUT2D eigenvalue weighted by Crippen LogP contribution is 2.44. The summed E-state index contributed by atoms with van der Waals surface area (Å²) in [5, 5.41) is 38.9. The fraction of sp³-hybridized carbons (Fsp3) is 0.636. The van der Waals surface area contributed by atoms with Crippen molar-refractivity contribution in [2.75, 3.05) is 12.1 Å². The van der Waals surface area contributed by atoms with E-state index in [0.29, 0.717) is 0 Å². The van der Waals surface area contributed by atoms with Crippen LogP contribution in [0.4, 0.5) is 5.95 Å². The van der Waals surface area contributed by atoms with Crippen molar-refractivity contribution in [1.82, 2.24) is 9.55 Å². The van der Waals surface area contributed by atoms with Crippen LogP contribution in [0.25, 0.3) is 0 Å². The van der Waals surface area contributed by atoms with Gasteiger partial charge in [0.05, 0.1) is 6.61 Å². The standard InChI is InChI=1S/C11H17N3O6/c1-10(5-15)7(17)11(2,18)8(20-10)14-4-3-6(16)12-9(14)13-19/h3-4,7-8,15,17-19H,5H2,1-2H3,(H,12,13,16)/t7-,8-,10-,11-/m1/s1. The minimum atomic E-state index is -1.76. The normalized spacial score (nSPS) is 37.1. The highest BCUT2D eigenvalue weighted by Gasteiger charge is 2.59. The van der Waals surface area contributed by atoms with Gasteiger partial charge in [0.2, 0.25) is 5.95 Å². The topological polar surface area (TPSA) is 137 Å². The van der Waals surface area contributed by atoms with Crippen LogP contribution in [0.2, 0.25) is 0 Å². The lowest BCUT2D eigenvalue weighted by Crippen LogP contribution is -2.49. The third-order valence-corrected chi connectivity index (χ3v) is 3.52. The Kier molecular flexibility index (Phi) is 3.56. The fourth-order valence-corrected chi connectivity index (χ4v) is 2.34. The lowest BCUT2D eigenvalue weighted by Gasteiger charge is -2.29. The minimum Gasteiger partial charge on any atom is -0.393 e. The first kappa shape index (κ1) is 14.9. The van der Waals surface area contributed by atoms with Crippen LogP contribution in [0.3, 0.4) is 0 Å². The Morgan fingerprint density at radius 3 is 2.70 bits per heavy atom. The van der Waals surface area contributed by atoms with Gasteiger partial charge in [-0.2, -0.15) is 4.98 Å². The van der Waals surface area contributed by atoms with Crippen LogP contribution in [-0.4, -0.2) is 54.0 Å². The summed E-state index contributed by atoms with van der Waals surface area (Å²) in [6.45, 7) is 2.24. The van der Waals surface area contributed by atoms with E-state index >= 15 is 0 Å². The number of aromatic nitrogens is 2. The van der Waals surface area contributed by atoms with Crippen LogP contribution in [0.15, 0.2) is 17.1 Å². The van der Waals surface area contributed by atoms with Crippen molar-refractivity contribution in [2.45, 2.75) is 37.4 Å². The molecule has 4 atom stereocenters. The van der Waals surface area contributed by atoms with Crippen LogP contribution in [-0.2, 0) is 4.74 Å². The molecule has 0 radical (unpaired) electrons. The van der Waals surface area contributed by atoms with Crippen molar-refractivity contribution in [3.8, 4) is 0 Å². The zero-order valence-electron chi connectivity index (χ0n) is 11.0. The third kappa shape index (κ3) is 2.09.